The number of rotatable bonds is 5. The quantitative estimate of drug-likeness (QED) is 0.860. The lowest BCUT2D eigenvalue weighted by Gasteiger charge is -2.35. The molecule has 2 aromatic rings. The third-order valence-electron chi connectivity index (χ3n) is 5.14. The van der Waals surface area contributed by atoms with Gasteiger partial charge in [0.2, 0.25) is 5.91 Å². The molecule has 1 N–H and O–H groups in total. The van der Waals surface area contributed by atoms with Crippen LogP contribution in [0.3, 0.4) is 0 Å². The molecule has 2 unspecified atom stereocenters. The highest BCUT2D eigenvalue weighted by Gasteiger charge is 2.40. The van der Waals surface area contributed by atoms with Crippen LogP contribution in [0.4, 0.5) is 0 Å². The summed E-state index contributed by atoms with van der Waals surface area (Å²) in [7, 11) is 1.66. The lowest BCUT2D eigenvalue weighted by molar-refractivity contribution is -0.140. The Morgan fingerprint density at radius 3 is 3.08 bits per heavy atom. The Labute approximate surface area is 149 Å². The molecule has 134 valence electrons. The molecule has 5 rings (SSSR count). The molecule has 2 aromatic heterocycles. The van der Waals surface area contributed by atoms with E-state index in [2.05, 4.69) is 14.9 Å². The smallest absolute Gasteiger partial charge is 0.268 e. The first-order valence-corrected chi connectivity index (χ1v) is 9.52. The number of ether oxygens (including phenoxy) is 1. The number of hydrogen-bond donors (Lipinski definition) is 1. The van der Waals surface area contributed by atoms with Crippen LogP contribution in [0.15, 0.2) is 16.2 Å². The number of hydrogen-bond acceptors (Lipinski definition) is 6. The fourth-order valence-electron chi connectivity index (χ4n) is 3.95. The molecule has 3 fully saturated rings. The van der Waals surface area contributed by atoms with Crippen LogP contribution in [0.5, 0.6) is 0 Å². The van der Waals surface area contributed by atoms with Gasteiger partial charge in [0.1, 0.15) is 10.5 Å². The number of amides is 1. The van der Waals surface area contributed by atoms with Crippen LogP contribution >= 0.6 is 11.3 Å². The molecule has 0 aliphatic carbocycles. The number of carbonyl (C=O) groups is 1. The first kappa shape index (κ1) is 16.7. The molecule has 25 heavy (non-hydrogen) atoms. The summed E-state index contributed by atoms with van der Waals surface area (Å²) < 4.78 is 5.82. The third-order valence-corrected chi connectivity index (χ3v) is 6.04. The zero-order valence-electron chi connectivity index (χ0n) is 14.2. The van der Waals surface area contributed by atoms with Crippen molar-refractivity contribution in [3.63, 3.8) is 0 Å². The molecule has 8 heteroatoms. The van der Waals surface area contributed by atoms with Crippen molar-refractivity contribution in [1.29, 1.82) is 0 Å². The van der Waals surface area contributed by atoms with Crippen molar-refractivity contribution in [3.05, 3.63) is 27.6 Å². The van der Waals surface area contributed by atoms with E-state index in [1.54, 1.807) is 7.11 Å². The highest BCUT2D eigenvalue weighted by atomic mass is 32.1. The van der Waals surface area contributed by atoms with Gasteiger partial charge in [0.05, 0.1) is 24.6 Å². The van der Waals surface area contributed by atoms with Crippen LogP contribution < -0.4 is 5.56 Å². The van der Waals surface area contributed by atoms with E-state index in [1.165, 1.54) is 11.3 Å². The number of nitrogens with one attached hydrogen (secondary N) is 1. The lowest BCUT2D eigenvalue weighted by Crippen LogP contribution is -2.49. The molecular weight excluding hydrogens is 340 g/mol. The molecule has 0 aromatic carbocycles. The Bertz CT molecular complexity index is 833. The van der Waals surface area contributed by atoms with Crippen molar-refractivity contribution in [2.75, 3.05) is 33.4 Å². The van der Waals surface area contributed by atoms with E-state index in [0.29, 0.717) is 30.2 Å². The van der Waals surface area contributed by atoms with Crippen molar-refractivity contribution in [2.24, 2.45) is 5.92 Å². The molecule has 0 spiro atoms. The van der Waals surface area contributed by atoms with E-state index in [1.807, 2.05) is 16.3 Å². The molecule has 5 heterocycles. The fraction of sp³-hybridized carbons (Fsp3) is 0.588. The van der Waals surface area contributed by atoms with Gasteiger partial charge in [-0.15, -0.1) is 11.3 Å². The Balaban J connectivity index is 1.53. The van der Waals surface area contributed by atoms with Crippen LogP contribution in [-0.4, -0.2) is 65.1 Å². The van der Waals surface area contributed by atoms with E-state index in [0.717, 1.165) is 31.4 Å². The SMILES string of the molecule is COCCN1C(=O)C2CCC1CN(Cc1nc3ccsc3c(=O)[nH]1)C2. The van der Waals surface area contributed by atoms with Crippen molar-refractivity contribution < 1.29 is 9.53 Å². The minimum absolute atomic E-state index is 0.0345. The maximum Gasteiger partial charge on any atom is 0.268 e. The Morgan fingerprint density at radius 2 is 2.24 bits per heavy atom. The number of aromatic amines is 1. The normalized spacial score (nSPS) is 24.2. The largest absolute Gasteiger partial charge is 0.383 e. The first-order valence-electron chi connectivity index (χ1n) is 8.64. The second kappa shape index (κ2) is 6.86. The topological polar surface area (TPSA) is 78.5 Å². The van der Waals surface area contributed by atoms with Crippen molar-refractivity contribution in [3.8, 4) is 0 Å². The van der Waals surface area contributed by atoms with Gasteiger partial charge in [-0.25, -0.2) is 4.98 Å². The number of carbonyl (C=O) groups excluding carboxylic acids is 1. The lowest BCUT2D eigenvalue weighted by atomic mass is 9.94. The van der Waals surface area contributed by atoms with Crippen molar-refractivity contribution in [2.45, 2.75) is 25.4 Å². The van der Waals surface area contributed by atoms with Crippen LogP contribution in [0.2, 0.25) is 0 Å². The maximum absolute atomic E-state index is 12.7. The number of piperidine rings is 1. The van der Waals surface area contributed by atoms with Gasteiger partial charge >= 0.3 is 0 Å². The highest BCUT2D eigenvalue weighted by Crippen LogP contribution is 2.29. The molecule has 2 atom stereocenters. The standard InChI is InChI=1S/C17H22N4O3S/c1-24-6-5-21-12-3-2-11(17(21)23)8-20(9-12)10-14-18-13-4-7-25-15(13)16(22)19-14/h4,7,11-12H,2-3,5-6,8-10H2,1H3,(H,18,19,22). The molecule has 3 aliphatic rings. The van der Waals surface area contributed by atoms with Crippen LogP contribution in [-0.2, 0) is 16.1 Å². The van der Waals surface area contributed by atoms with Gasteiger partial charge in [0.15, 0.2) is 0 Å². The summed E-state index contributed by atoms with van der Waals surface area (Å²) in [5.74, 6) is 0.950. The Hall–Kier alpha value is -1.77. The monoisotopic (exact) mass is 362 g/mol. The van der Waals surface area contributed by atoms with Gasteiger partial charge in [-0.1, -0.05) is 0 Å². The average Bonchev–Trinajstić information content (AvgIpc) is 2.92. The summed E-state index contributed by atoms with van der Waals surface area (Å²) in [6.07, 6.45) is 1.97. The maximum atomic E-state index is 12.7. The van der Waals surface area contributed by atoms with Gasteiger partial charge in [0.25, 0.3) is 5.56 Å². The summed E-state index contributed by atoms with van der Waals surface area (Å²) in [6.45, 7) is 3.33. The summed E-state index contributed by atoms with van der Waals surface area (Å²) in [6, 6.07) is 2.10. The molecule has 0 radical (unpaired) electrons. The molecule has 3 aliphatic heterocycles. The van der Waals surface area contributed by atoms with Gasteiger partial charge in [-0.05, 0) is 24.3 Å². The highest BCUT2D eigenvalue weighted by molar-refractivity contribution is 7.17. The first-order chi connectivity index (χ1) is 12.2. The van der Waals surface area contributed by atoms with Gasteiger partial charge < -0.3 is 14.6 Å². The van der Waals surface area contributed by atoms with Crippen molar-refractivity contribution >= 4 is 27.5 Å². The van der Waals surface area contributed by atoms with E-state index < -0.39 is 0 Å². The fourth-order valence-corrected chi connectivity index (χ4v) is 4.68. The van der Waals surface area contributed by atoms with E-state index in [4.69, 9.17) is 4.74 Å². The predicted octanol–water partition coefficient (Wildman–Crippen LogP) is 1.05. The second-order valence-electron chi connectivity index (χ2n) is 6.79. The minimum Gasteiger partial charge on any atom is -0.383 e. The van der Waals surface area contributed by atoms with Gasteiger partial charge in [-0.2, -0.15) is 0 Å². The Morgan fingerprint density at radius 1 is 1.36 bits per heavy atom. The molecule has 3 saturated heterocycles. The molecule has 0 saturated carbocycles. The Kier molecular flexibility index (Phi) is 4.58. The van der Waals surface area contributed by atoms with Crippen LogP contribution in [0, 0.1) is 5.92 Å². The summed E-state index contributed by atoms with van der Waals surface area (Å²) >= 11 is 1.41. The molecule has 7 nitrogen and oxygen atoms in total. The van der Waals surface area contributed by atoms with E-state index in [-0.39, 0.29) is 23.4 Å². The summed E-state index contributed by atoms with van der Waals surface area (Å²) in [5, 5.41) is 1.88. The second-order valence-corrected chi connectivity index (χ2v) is 7.71. The molecule has 2 bridgehead atoms. The van der Waals surface area contributed by atoms with Gasteiger partial charge in [0, 0.05) is 32.8 Å². The van der Waals surface area contributed by atoms with Crippen molar-refractivity contribution in [1.82, 2.24) is 19.8 Å². The number of aromatic nitrogens is 2. The molecular formula is C17H22N4O3S. The average molecular weight is 362 g/mol. The number of H-pyrrole nitrogens is 1. The predicted molar refractivity (Wildman–Crippen MR) is 95.6 cm³/mol. The van der Waals surface area contributed by atoms with E-state index in [9.17, 15) is 9.59 Å². The van der Waals surface area contributed by atoms with Crippen LogP contribution in [0.1, 0.15) is 18.7 Å². The zero-order chi connectivity index (χ0) is 17.4. The van der Waals surface area contributed by atoms with Crippen LogP contribution in [0.25, 0.3) is 10.2 Å². The number of thiophene rings is 1. The summed E-state index contributed by atoms with van der Waals surface area (Å²) in [4.78, 5) is 36.5. The zero-order valence-corrected chi connectivity index (χ0v) is 15.1. The number of methoxy groups -OCH3 is 1. The van der Waals surface area contributed by atoms with E-state index >= 15 is 0 Å². The number of nitrogens with zero attached hydrogens (tertiary/aromatic N) is 3. The minimum atomic E-state index is -0.0782. The summed E-state index contributed by atoms with van der Waals surface area (Å²) in [5.41, 5.74) is 0.671. The third kappa shape index (κ3) is 3.21. The molecule has 1 amide bonds. The number of fused-ring (bicyclic) bond motifs is 5. The van der Waals surface area contributed by atoms with Gasteiger partial charge in [-0.3, -0.25) is 14.5 Å².